The van der Waals surface area contributed by atoms with E-state index in [9.17, 15) is 8.42 Å². The second kappa shape index (κ2) is 4.67. The first kappa shape index (κ1) is 9.90. The maximum absolute atomic E-state index is 10.5. The molecule has 0 aromatic rings. The standard InChI is InChI=1S/C4H7O2S2.Li/c5-7-2-1-3-8(6)4-7;/h4H,1-3H2;/q-1;+1/t7-,8-;/m1./s1. The zero-order valence-electron chi connectivity index (χ0n) is 5.33. The molecule has 0 spiro atoms. The summed E-state index contributed by atoms with van der Waals surface area (Å²) in [5.41, 5.74) is 0. The molecule has 2 atom stereocenters. The van der Waals surface area contributed by atoms with E-state index >= 15 is 0 Å². The van der Waals surface area contributed by atoms with Gasteiger partial charge in [-0.05, 0) is 17.9 Å². The number of rotatable bonds is 0. The van der Waals surface area contributed by atoms with Crippen LogP contribution in [0.1, 0.15) is 6.42 Å². The van der Waals surface area contributed by atoms with Gasteiger partial charge in [-0.2, -0.15) is 5.08 Å². The molecule has 0 saturated carbocycles. The first-order valence-electron chi connectivity index (χ1n) is 2.38. The Morgan fingerprint density at radius 1 is 1.11 bits per heavy atom. The normalized spacial score (nSPS) is 35.1. The van der Waals surface area contributed by atoms with E-state index in [1.807, 2.05) is 0 Å². The fourth-order valence-corrected chi connectivity index (χ4v) is 3.33. The van der Waals surface area contributed by atoms with Gasteiger partial charge in [-0.15, -0.1) is 21.6 Å². The van der Waals surface area contributed by atoms with Crippen molar-refractivity contribution < 1.29 is 27.3 Å². The van der Waals surface area contributed by atoms with Crippen LogP contribution in [0.5, 0.6) is 0 Å². The average Bonchev–Trinajstić information content (AvgIpc) is 1.64. The van der Waals surface area contributed by atoms with Gasteiger partial charge in [0, 0.05) is 0 Å². The van der Waals surface area contributed by atoms with Crippen LogP contribution in [0.3, 0.4) is 0 Å². The predicted molar refractivity (Wildman–Crippen MR) is 34.9 cm³/mol. The van der Waals surface area contributed by atoms with E-state index in [-0.39, 0.29) is 18.9 Å². The third-order valence-electron chi connectivity index (χ3n) is 0.906. The molecule has 5 heteroatoms. The molecule has 0 radical (unpaired) electrons. The molecule has 0 aromatic carbocycles. The van der Waals surface area contributed by atoms with E-state index in [0.717, 1.165) is 6.42 Å². The molecular formula is C4H7LiO2S2. The summed E-state index contributed by atoms with van der Waals surface area (Å²) < 4.78 is 21.1. The van der Waals surface area contributed by atoms with Crippen molar-refractivity contribution in [3.63, 3.8) is 0 Å². The summed E-state index contributed by atoms with van der Waals surface area (Å²) >= 11 is 0. The minimum Gasteiger partial charge on any atom is -0.293 e. The molecule has 0 aliphatic carbocycles. The minimum absolute atomic E-state index is 0. The Morgan fingerprint density at radius 3 is 1.78 bits per heavy atom. The van der Waals surface area contributed by atoms with Gasteiger partial charge in [0.1, 0.15) is 0 Å². The molecular weight excluding hydrogens is 151 g/mol. The third-order valence-corrected chi connectivity index (χ3v) is 4.00. The van der Waals surface area contributed by atoms with Crippen LogP contribution in [0.2, 0.25) is 0 Å². The van der Waals surface area contributed by atoms with Gasteiger partial charge in [0.15, 0.2) is 0 Å². The second-order valence-corrected chi connectivity index (χ2v) is 4.73. The summed E-state index contributed by atoms with van der Waals surface area (Å²) in [6.45, 7) is 0. The molecule has 2 nitrogen and oxygen atoms in total. The van der Waals surface area contributed by atoms with Gasteiger partial charge in [-0.3, -0.25) is 8.42 Å². The molecule has 1 saturated heterocycles. The maximum atomic E-state index is 10.5. The molecule has 0 aromatic heterocycles. The first-order valence-corrected chi connectivity index (χ1v) is 5.15. The Labute approximate surface area is 71.9 Å². The molecule has 0 unspecified atom stereocenters. The molecule has 0 amide bonds. The van der Waals surface area contributed by atoms with Gasteiger partial charge in [0.05, 0.1) is 0 Å². The zero-order valence-corrected chi connectivity index (χ0v) is 6.96. The van der Waals surface area contributed by atoms with Crippen LogP contribution >= 0.6 is 0 Å². The van der Waals surface area contributed by atoms with Crippen LogP contribution < -0.4 is 18.9 Å². The van der Waals surface area contributed by atoms with Crippen molar-refractivity contribution in [2.75, 3.05) is 11.5 Å². The summed E-state index contributed by atoms with van der Waals surface area (Å²) in [6, 6.07) is 0. The Bertz CT molecular complexity index is 123. The largest absolute Gasteiger partial charge is 1.00 e. The molecule has 0 bridgehead atoms. The SMILES string of the molecule is O=[S@]1[CH-][S@](=O)CCC1.[Li+]. The smallest absolute Gasteiger partial charge is 0.293 e. The molecule has 1 aliphatic rings. The molecule has 48 valence electrons. The Balaban J connectivity index is 0.000000640. The molecule has 1 heterocycles. The van der Waals surface area contributed by atoms with Crippen LogP contribution in [0.25, 0.3) is 0 Å². The van der Waals surface area contributed by atoms with Crippen molar-refractivity contribution in [2.45, 2.75) is 6.42 Å². The predicted octanol–water partition coefficient (Wildman–Crippen LogP) is -2.99. The minimum atomic E-state index is -0.895. The van der Waals surface area contributed by atoms with E-state index in [4.69, 9.17) is 0 Å². The molecule has 1 rings (SSSR count). The van der Waals surface area contributed by atoms with Gasteiger partial charge < -0.3 is 0 Å². The fraction of sp³-hybridized carbons (Fsp3) is 0.750. The summed E-state index contributed by atoms with van der Waals surface area (Å²) in [5.74, 6) is 1.40. The zero-order chi connectivity index (χ0) is 5.98. The van der Waals surface area contributed by atoms with Gasteiger partial charge in [0.2, 0.25) is 0 Å². The quantitative estimate of drug-likeness (QED) is 0.278. The Morgan fingerprint density at radius 2 is 1.56 bits per heavy atom. The van der Waals surface area contributed by atoms with Crippen LogP contribution in [0.15, 0.2) is 0 Å². The third kappa shape index (κ3) is 3.56. The van der Waals surface area contributed by atoms with E-state index in [1.165, 1.54) is 5.08 Å². The van der Waals surface area contributed by atoms with Gasteiger partial charge >= 0.3 is 18.9 Å². The summed E-state index contributed by atoms with van der Waals surface area (Å²) in [5, 5.41) is 1.42. The summed E-state index contributed by atoms with van der Waals surface area (Å²) in [4.78, 5) is 0. The van der Waals surface area contributed by atoms with E-state index in [1.54, 1.807) is 0 Å². The first-order chi connectivity index (χ1) is 3.79. The Hall–Kier alpha value is 0.897. The second-order valence-electron chi connectivity index (χ2n) is 1.62. The molecule has 1 aliphatic heterocycles. The summed E-state index contributed by atoms with van der Waals surface area (Å²) in [7, 11) is -1.79. The monoisotopic (exact) mass is 158 g/mol. The van der Waals surface area contributed by atoms with E-state index in [2.05, 4.69) is 0 Å². The van der Waals surface area contributed by atoms with Crippen molar-refractivity contribution in [1.82, 2.24) is 0 Å². The van der Waals surface area contributed by atoms with Gasteiger partial charge in [-0.25, -0.2) is 0 Å². The van der Waals surface area contributed by atoms with Gasteiger partial charge in [0.25, 0.3) is 0 Å². The Kier molecular flexibility index (Phi) is 5.14. The maximum Gasteiger partial charge on any atom is 1.00 e. The van der Waals surface area contributed by atoms with Crippen LogP contribution in [0.4, 0.5) is 0 Å². The van der Waals surface area contributed by atoms with Crippen molar-refractivity contribution in [3.05, 3.63) is 5.08 Å². The number of hydrogen-bond donors (Lipinski definition) is 0. The van der Waals surface area contributed by atoms with Crippen molar-refractivity contribution in [2.24, 2.45) is 0 Å². The van der Waals surface area contributed by atoms with Crippen molar-refractivity contribution >= 4 is 21.6 Å². The van der Waals surface area contributed by atoms with Crippen LogP contribution in [0, 0.1) is 5.08 Å². The van der Waals surface area contributed by atoms with Crippen LogP contribution in [-0.4, -0.2) is 19.9 Å². The van der Waals surface area contributed by atoms with Crippen molar-refractivity contribution in [3.8, 4) is 0 Å². The topological polar surface area (TPSA) is 34.1 Å². The van der Waals surface area contributed by atoms with E-state index in [0.29, 0.717) is 11.5 Å². The van der Waals surface area contributed by atoms with Crippen LogP contribution in [-0.2, 0) is 21.6 Å². The van der Waals surface area contributed by atoms with Gasteiger partial charge in [-0.1, -0.05) is 0 Å². The fourth-order valence-electron chi connectivity index (χ4n) is 0.559. The summed E-state index contributed by atoms with van der Waals surface area (Å²) in [6.07, 6.45) is 0.843. The van der Waals surface area contributed by atoms with Crippen molar-refractivity contribution in [1.29, 1.82) is 0 Å². The molecule has 1 fully saturated rings. The van der Waals surface area contributed by atoms with E-state index < -0.39 is 21.6 Å². The molecule has 0 N–H and O–H groups in total. The molecule has 9 heavy (non-hydrogen) atoms. The number of hydrogen-bond acceptors (Lipinski definition) is 2. The average molecular weight is 158 g/mol.